The number of ether oxygens (including phenoxy) is 2. The third kappa shape index (κ3) is 4.91. The van der Waals surface area contributed by atoms with Crippen molar-refractivity contribution in [2.75, 3.05) is 26.1 Å². The molecule has 0 atom stereocenters. The summed E-state index contributed by atoms with van der Waals surface area (Å²) in [7, 11) is 3.09. The average molecular weight is 336 g/mol. The van der Waals surface area contributed by atoms with Crippen molar-refractivity contribution < 1.29 is 14.3 Å². The number of methoxy groups -OCH3 is 2. The Morgan fingerprint density at radius 3 is 2.70 bits per heavy atom. The van der Waals surface area contributed by atoms with E-state index in [1.54, 1.807) is 25.3 Å². The molecule has 0 bridgehead atoms. The first kappa shape index (κ1) is 17.7. The molecule has 23 heavy (non-hydrogen) atoms. The van der Waals surface area contributed by atoms with E-state index in [0.717, 1.165) is 24.9 Å². The van der Waals surface area contributed by atoms with Crippen LogP contribution in [0, 0.1) is 0 Å². The van der Waals surface area contributed by atoms with Crippen LogP contribution in [0.2, 0.25) is 0 Å². The van der Waals surface area contributed by atoms with Gasteiger partial charge < -0.3 is 20.1 Å². The minimum absolute atomic E-state index is 0.0139. The number of hydrogen-bond acceptors (Lipinski definition) is 4. The van der Waals surface area contributed by atoms with Gasteiger partial charge >= 0.3 is 5.97 Å². The maximum absolute atomic E-state index is 11.6. The highest BCUT2D eigenvalue weighted by molar-refractivity contribution is 7.80. The summed E-state index contributed by atoms with van der Waals surface area (Å²) in [5.41, 5.74) is 1.28. The normalized spacial score (nSPS) is 15.9. The molecule has 6 heteroatoms. The van der Waals surface area contributed by atoms with Crippen LogP contribution < -0.4 is 10.6 Å². The van der Waals surface area contributed by atoms with Gasteiger partial charge in [0.05, 0.1) is 12.7 Å². The summed E-state index contributed by atoms with van der Waals surface area (Å²) >= 11 is 5.45. The Kier molecular flexibility index (Phi) is 6.36. The van der Waals surface area contributed by atoms with E-state index in [4.69, 9.17) is 21.7 Å². The van der Waals surface area contributed by atoms with Crippen LogP contribution in [0.15, 0.2) is 24.3 Å². The topological polar surface area (TPSA) is 59.6 Å². The molecule has 0 spiro atoms. The Labute approximate surface area is 142 Å². The molecule has 1 aliphatic rings. The zero-order valence-corrected chi connectivity index (χ0v) is 14.5. The molecule has 126 valence electrons. The largest absolute Gasteiger partial charge is 0.465 e. The van der Waals surface area contributed by atoms with Crippen LogP contribution in [0.4, 0.5) is 5.69 Å². The van der Waals surface area contributed by atoms with Crippen molar-refractivity contribution in [2.45, 2.75) is 37.6 Å². The molecule has 0 saturated heterocycles. The fourth-order valence-electron chi connectivity index (χ4n) is 3.03. The van der Waals surface area contributed by atoms with E-state index in [-0.39, 0.29) is 11.5 Å². The van der Waals surface area contributed by atoms with Crippen LogP contribution >= 0.6 is 12.2 Å². The minimum Gasteiger partial charge on any atom is -0.465 e. The molecule has 1 saturated carbocycles. The number of carbonyl (C=O) groups excluding carboxylic acids is 1. The van der Waals surface area contributed by atoms with Crippen molar-refractivity contribution >= 4 is 29.0 Å². The maximum atomic E-state index is 11.6. The molecule has 0 radical (unpaired) electrons. The Balaban J connectivity index is 1.99. The zero-order valence-electron chi connectivity index (χ0n) is 13.7. The number of carbonyl (C=O) groups is 1. The third-order valence-corrected chi connectivity index (χ3v) is 4.47. The maximum Gasteiger partial charge on any atom is 0.337 e. The summed E-state index contributed by atoms with van der Waals surface area (Å²) in [6.07, 6.45) is 5.54. The van der Waals surface area contributed by atoms with Crippen LogP contribution in [0.1, 0.15) is 42.5 Å². The van der Waals surface area contributed by atoms with E-state index in [2.05, 4.69) is 10.6 Å². The number of nitrogens with one attached hydrogen (secondary N) is 2. The van der Waals surface area contributed by atoms with Crippen LogP contribution in [0.3, 0.4) is 0 Å². The molecule has 1 aliphatic carbocycles. The molecule has 1 fully saturated rings. The van der Waals surface area contributed by atoms with Crippen LogP contribution in [-0.2, 0) is 9.47 Å². The number of benzene rings is 1. The molecule has 2 rings (SSSR count). The van der Waals surface area contributed by atoms with Gasteiger partial charge in [0.2, 0.25) is 0 Å². The smallest absolute Gasteiger partial charge is 0.337 e. The van der Waals surface area contributed by atoms with E-state index in [1.165, 1.54) is 20.0 Å². The molecule has 1 aromatic rings. The van der Waals surface area contributed by atoms with Gasteiger partial charge in [-0.15, -0.1) is 0 Å². The van der Waals surface area contributed by atoms with Gasteiger partial charge in [-0.3, -0.25) is 0 Å². The lowest BCUT2D eigenvalue weighted by molar-refractivity contribution is 0.0601. The lowest BCUT2D eigenvalue weighted by atomic mass is 9.94. The Bertz CT molecular complexity index is 557. The van der Waals surface area contributed by atoms with Gasteiger partial charge in [-0.05, 0) is 49.7 Å². The monoisotopic (exact) mass is 336 g/mol. The highest BCUT2D eigenvalue weighted by Gasteiger charge is 2.33. The summed E-state index contributed by atoms with van der Waals surface area (Å²) < 4.78 is 9.96. The van der Waals surface area contributed by atoms with E-state index in [0.29, 0.717) is 17.3 Å². The lowest BCUT2D eigenvalue weighted by Crippen LogP contribution is -2.48. The molecule has 5 nitrogen and oxygen atoms in total. The van der Waals surface area contributed by atoms with E-state index < -0.39 is 0 Å². The number of thiocarbonyl (C=S) groups is 1. The van der Waals surface area contributed by atoms with Crippen molar-refractivity contribution in [2.24, 2.45) is 0 Å². The second kappa shape index (κ2) is 8.26. The molecule has 0 unspecified atom stereocenters. The summed E-state index contributed by atoms with van der Waals surface area (Å²) in [4.78, 5) is 11.6. The average Bonchev–Trinajstić information content (AvgIpc) is 3.01. The van der Waals surface area contributed by atoms with Gasteiger partial charge in [0.15, 0.2) is 5.11 Å². The van der Waals surface area contributed by atoms with Crippen molar-refractivity contribution in [3.8, 4) is 0 Å². The van der Waals surface area contributed by atoms with Gasteiger partial charge in [0, 0.05) is 24.9 Å². The fraction of sp³-hybridized carbons (Fsp3) is 0.529. The highest BCUT2D eigenvalue weighted by Crippen LogP contribution is 2.32. The summed E-state index contributed by atoms with van der Waals surface area (Å²) in [6, 6.07) is 7.12. The Morgan fingerprint density at radius 2 is 2.04 bits per heavy atom. The standard InChI is InChI=1S/C17H24N2O3S/c1-21-11-10-17(8-3-4-9-17)19-16(23)18-14-7-5-6-13(12-14)15(20)22-2/h5-7,12H,3-4,8-11H2,1-2H3,(H2,18,19,23). The zero-order chi connectivity index (χ0) is 16.7. The molecule has 0 amide bonds. The molecule has 0 aliphatic heterocycles. The van der Waals surface area contributed by atoms with Crippen molar-refractivity contribution in [3.05, 3.63) is 29.8 Å². The SMILES string of the molecule is COCCC1(NC(=S)Nc2cccc(C(=O)OC)c2)CCCC1. The molecular formula is C17H24N2O3S. The molecule has 0 heterocycles. The Hall–Kier alpha value is -1.66. The van der Waals surface area contributed by atoms with Gasteiger partial charge in [-0.25, -0.2) is 4.79 Å². The van der Waals surface area contributed by atoms with Crippen LogP contribution in [0.5, 0.6) is 0 Å². The van der Waals surface area contributed by atoms with Crippen LogP contribution in [0.25, 0.3) is 0 Å². The van der Waals surface area contributed by atoms with E-state index >= 15 is 0 Å². The van der Waals surface area contributed by atoms with Gasteiger partial charge in [-0.2, -0.15) is 0 Å². The summed E-state index contributed by atoms with van der Waals surface area (Å²) in [5.74, 6) is -0.361. The third-order valence-electron chi connectivity index (χ3n) is 4.27. The number of rotatable bonds is 6. The highest BCUT2D eigenvalue weighted by atomic mass is 32.1. The molecule has 0 aromatic heterocycles. The fourth-order valence-corrected chi connectivity index (χ4v) is 3.37. The molecular weight excluding hydrogens is 312 g/mol. The second-order valence-corrected chi connectivity index (χ2v) is 6.29. The first-order chi connectivity index (χ1) is 11.1. The van der Waals surface area contributed by atoms with Crippen molar-refractivity contribution in [1.29, 1.82) is 0 Å². The van der Waals surface area contributed by atoms with Gasteiger partial charge in [0.1, 0.15) is 0 Å². The first-order valence-electron chi connectivity index (χ1n) is 7.85. The van der Waals surface area contributed by atoms with Crippen molar-refractivity contribution in [3.63, 3.8) is 0 Å². The lowest BCUT2D eigenvalue weighted by Gasteiger charge is -2.31. The predicted octanol–water partition coefficient (Wildman–Crippen LogP) is 3.11. The van der Waals surface area contributed by atoms with E-state index in [9.17, 15) is 4.79 Å². The summed E-state index contributed by atoms with van der Waals surface area (Å²) in [5, 5.41) is 7.20. The second-order valence-electron chi connectivity index (χ2n) is 5.88. The Morgan fingerprint density at radius 1 is 1.30 bits per heavy atom. The molecule has 2 N–H and O–H groups in total. The van der Waals surface area contributed by atoms with Crippen molar-refractivity contribution in [1.82, 2.24) is 5.32 Å². The van der Waals surface area contributed by atoms with Gasteiger partial charge in [0.25, 0.3) is 0 Å². The quantitative estimate of drug-likeness (QED) is 0.615. The minimum atomic E-state index is -0.361. The molecule has 1 aromatic carbocycles. The van der Waals surface area contributed by atoms with Gasteiger partial charge in [-0.1, -0.05) is 18.9 Å². The van der Waals surface area contributed by atoms with E-state index in [1.807, 2.05) is 6.07 Å². The summed E-state index contributed by atoms with van der Waals surface area (Å²) in [6.45, 7) is 0.716. The first-order valence-corrected chi connectivity index (χ1v) is 8.26. The van der Waals surface area contributed by atoms with Crippen LogP contribution in [-0.4, -0.2) is 37.4 Å². The predicted molar refractivity (Wildman–Crippen MR) is 94.8 cm³/mol. The number of esters is 1. The number of hydrogen-bond donors (Lipinski definition) is 2. The number of anilines is 1.